The molecule has 0 heterocycles. The largest absolute Gasteiger partial charge is 0.310 e. The molecule has 1 fully saturated rings. The topological polar surface area (TPSA) is 12.0 Å². The molecule has 1 aromatic rings. The molecule has 0 bridgehead atoms. The van der Waals surface area contributed by atoms with Gasteiger partial charge in [-0.05, 0) is 71.7 Å². The molecule has 0 aromatic heterocycles. The van der Waals surface area contributed by atoms with Crippen molar-refractivity contribution in [3.8, 4) is 0 Å². The van der Waals surface area contributed by atoms with Crippen molar-refractivity contribution in [3.63, 3.8) is 0 Å². The van der Waals surface area contributed by atoms with Crippen molar-refractivity contribution in [2.45, 2.75) is 57.9 Å². The Balaban J connectivity index is 2.10. The van der Waals surface area contributed by atoms with Crippen LogP contribution in [0, 0.1) is 9.49 Å². The van der Waals surface area contributed by atoms with Crippen LogP contribution < -0.4 is 5.32 Å². The molecule has 1 N–H and O–H groups in total. The summed E-state index contributed by atoms with van der Waals surface area (Å²) in [4.78, 5) is 0. The zero-order valence-corrected chi connectivity index (χ0v) is 15.2. The second-order valence-corrected chi connectivity index (χ2v) is 7.51. The summed E-state index contributed by atoms with van der Waals surface area (Å²) in [5, 5.41) is 4.59. The molecule has 3 heteroatoms. The van der Waals surface area contributed by atoms with E-state index < -0.39 is 0 Å². The first-order chi connectivity index (χ1) is 9.70. The maximum Gasteiger partial charge on any atom is 0.0410 e. The number of rotatable bonds is 6. The molecular weight excluding hydrogens is 381 g/mol. The zero-order valence-electron chi connectivity index (χ0n) is 12.3. The molecule has 2 rings (SSSR count). The molecule has 1 saturated carbocycles. The lowest BCUT2D eigenvalue weighted by Crippen LogP contribution is -2.26. The molecule has 1 unspecified atom stereocenters. The summed E-state index contributed by atoms with van der Waals surface area (Å²) in [5.74, 6) is 0.882. The van der Waals surface area contributed by atoms with Crippen molar-refractivity contribution in [3.05, 3.63) is 32.4 Å². The molecule has 112 valence electrons. The van der Waals surface area contributed by atoms with Gasteiger partial charge in [0.1, 0.15) is 0 Å². The second-order valence-electron chi connectivity index (χ2n) is 5.91. The minimum Gasteiger partial charge on any atom is -0.310 e. The lowest BCUT2D eigenvalue weighted by atomic mass is 9.83. The molecule has 1 nitrogen and oxygen atoms in total. The number of halogens is 2. The fourth-order valence-electron chi connectivity index (χ4n) is 3.18. The molecule has 0 amide bonds. The maximum atomic E-state index is 6.21. The normalized spacial score (nSPS) is 18.1. The Kier molecular flexibility index (Phi) is 7.12. The Hall–Kier alpha value is 0.200. The van der Waals surface area contributed by atoms with Gasteiger partial charge in [0.05, 0.1) is 0 Å². The van der Waals surface area contributed by atoms with Gasteiger partial charge in [-0.2, -0.15) is 0 Å². The van der Waals surface area contributed by atoms with Crippen molar-refractivity contribution < 1.29 is 0 Å². The Morgan fingerprint density at radius 3 is 2.75 bits per heavy atom. The SMILES string of the molecule is CCCNC(CC1CCCCC1)c1cc(Cl)ccc1I. The lowest BCUT2D eigenvalue weighted by molar-refractivity contribution is 0.299. The lowest BCUT2D eigenvalue weighted by Gasteiger charge is -2.28. The zero-order chi connectivity index (χ0) is 14.4. The second kappa shape index (κ2) is 8.60. The first kappa shape index (κ1) is 16.6. The van der Waals surface area contributed by atoms with Crippen LogP contribution in [-0.2, 0) is 0 Å². The third-order valence-corrected chi connectivity index (χ3v) is 5.49. The highest BCUT2D eigenvalue weighted by atomic mass is 127. The predicted octanol–water partition coefficient (Wildman–Crippen LogP) is 5.96. The molecule has 0 aliphatic heterocycles. The summed E-state index contributed by atoms with van der Waals surface area (Å²) in [6.07, 6.45) is 9.51. The number of benzene rings is 1. The maximum absolute atomic E-state index is 6.21. The van der Waals surface area contributed by atoms with Gasteiger partial charge in [0, 0.05) is 14.6 Å². The molecule has 1 aliphatic carbocycles. The summed E-state index contributed by atoms with van der Waals surface area (Å²) >= 11 is 8.65. The Bertz CT molecular complexity index is 415. The smallest absolute Gasteiger partial charge is 0.0410 e. The Labute approximate surface area is 142 Å². The monoisotopic (exact) mass is 405 g/mol. The van der Waals surface area contributed by atoms with Crippen LogP contribution in [0.1, 0.15) is 63.5 Å². The molecule has 1 aromatic carbocycles. The van der Waals surface area contributed by atoms with E-state index in [1.165, 1.54) is 54.1 Å². The summed E-state index contributed by atoms with van der Waals surface area (Å²) < 4.78 is 1.33. The van der Waals surface area contributed by atoms with Crippen LogP contribution in [-0.4, -0.2) is 6.54 Å². The third kappa shape index (κ3) is 4.88. The quantitative estimate of drug-likeness (QED) is 0.576. The van der Waals surface area contributed by atoms with Crippen LogP contribution >= 0.6 is 34.2 Å². The van der Waals surface area contributed by atoms with E-state index in [2.05, 4.69) is 47.0 Å². The van der Waals surface area contributed by atoms with E-state index in [-0.39, 0.29) is 0 Å². The third-order valence-electron chi connectivity index (χ3n) is 4.27. The molecule has 0 radical (unpaired) electrons. The number of nitrogens with one attached hydrogen (secondary N) is 1. The van der Waals surface area contributed by atoms with Gasteiger partial charge in [-0.1, -0.05) is 50.6 Å². The van der Waals surface area contributed by atoms with Gasteiger partial charge in [-0.15, -0.1) is 0 Å². The minimum atomic E-state index is 0.462. The molecule has 20 heavy (non-hydrogen) atoms. The van der Waals surface area contributed by atoms with Gasteiger partial charge in [0.2, 0.25) is 0 Å². The predicted molar refractivity (Wildman–Crippen MR) is 96.4 cm³/mol. The van der Waals surface area contributed by atoms with Crippen molar-refractivity contribution in [2.24, 2.45) is 5.92 Å². The van der Waals surface area contributed by atoms with Crippen molar-refractivity contribution in [1.29, 1.82) is 0 Å². The van der Waals surface area contributed by atoms with E-state index in [1.807, 2.05) is 6.07 Å². The Morgan fingerprint density at radius 1 is 1.30 bits per heavy atom. The van der Waals surface area contributed by atoms with E-state index in [0.717, 1.165) is 17.5 Å². The average molecular weight is 406 g/mol. The van der Waals surface area contributed by atoms with Crippen LogP contribution in [0.2, 0.25) is 5.02 Å². The van der Waals surface area contributed by atoms with Crippen molar-refractivity contribution in [2.75, 3.05) is 6.54 Å². The minimum absolute atomic E-state index is 0.462. The van der Waals surface area contributed by atoms with Gasteiger partial charge < -0.3 is 5.32 Å². The number of hydrogen-bond donors (Lipinski definition) is 1. The molecular formula is C17H25ClIN. The van der Waals surface area contributed by atoms with Crippen LogP contribution in [0.25, 0.3) is 0 Å². The van der Waals surface area contributed by atoms with Gasteiger partial charge in [0.25, 0.3) is 0 Å². The highest BCUT2D eigenvalue weighted by Crippen LogP contribution is 2.34. The Morgan fingerprint density at radius 2 is 2.05 bits per heavy atom. The summed E-state index contributed by atoms with van der Waals surface area (Å²) in [7, 11) is 0. The van der Waals surface area contributed by atoms with Crippen LogP contribution in [0.15, 0.2) is 18.2 Å². The average Bonchev–Trinajstić information content (AvgIpc) is 2.47. The highest BCUT2D eigenvalue weighted by Gasteiger charge is 2.21. The molecule has 1 atom stereocenters. The summed E-state index contributed by atoms with van der Waals surface area (Å²) in [6, 6.07) is 6.74. The number of hydrogen-bond acceptors (Lipinski definition) is 1. The first-order valence-electron chi connectivity index (χ1n) is 7.89. The van der Waals surface area contributed by atoms with Gasteiger partial charge >= 0.3 is 0 Å². The van der Waals surface area contributed by atoms with Crippen molar-refractivity contribution >= 4 is 34.2 Å². The van der Waals surface area contributed by atoms with Crippen LogP contribution in [0.5, 0.6) is 0 Å². The van der Waals surface area contributed by atoms with E-state index in [4.69, 9.17) is 11.6 Å². The van der Waals surface area contributed by atoms with E-state index in [0.29, 0.717) is 6.04 Å². The van der Waals surface area contributed by atoms with E-state index >= 15 is 0 Å². The van der Waals surface area contributed by atoms with Crippen LogP contribution in [0.4, 0.5) is 0 Å². The first-order valence-corrected chi connectivity index (χ1v) is 9.34. The van der Waals surface area contributed by atoms with Crippen molar-refractivity contribution in [1.82, 2.24) is 5.32 Å². The molecule has 0 spiro atoms. The van der Waals surface area contributed by atoms with E-state index in [9.17, 15) is 0 Å². The highest BCUT2D eigenvalue weighted by molar-refractivity contribution is 14.1. The van der Waals surface area contributed by atoms with Gasteiger partial charge in [-0.3, -0.25) is 0 Å². The fourth-order valence-corrected chi connectivity index (χ4v) is 4.07. The molecule has 1 aliphatic rings. The van der Waals surface area contributed by atoms with Gasteiger partial charge in [0.15, 0.2) is 0 Å². The standard InChI is InChI=1S/C17H25ClIN/c1-2-10-20-17(11-13-6-4-3-5-7-13)15-12-14(18)8-9-16(15)19/h8-9,12-13,17,20H,2-7,10-11H2,1H3. The van der Waals surface area contributed by atoms with E-state index in [1.54, 1.807) is 0 Å². The van der Waals surface area contributed by atoms with Gasteiger partial charge in [-0.25, -0.2) is 0 Å². The summed E-state index contributed by atoms with van der Waals surface area (Å²) in [5.41, 5.74) is 1.39. The summed E-state index contributed by atoms with van der Waals surface area (Å²) in [6.45, 7) is 3.31. The van der Waals surface area contributed by atoms with Crippen LogP contribution in [0.3, 0.4) is 0 Å². The molecule has 0 saturated heterocycles. The fraction of sp³-hybridized carbons (Fsp3) is 0.647.